The average molecular weight is 330 g/mol. The van der Waals surface area contributed by atoms with Crippen molar-refractivity contribution in [1.29, 1.82) is 0 Å². The van der Waals surface area contributed by atoms with E-state index in [1.807, 2.05) is 42.2 Å². The maximum atomic E-state index is 12.7. The number of hydrogen-bond donors (Lipinski definition) is 1. The number of amides is 2. The zero-order valence-corrected chi connectivity index (χ0v) is 15.2. The lowest BCUT2D eigenvalue weighted by Gasteiger charge is -2.40. The molecule has 2 rings (SSSR count). The molecule has 24 heavy (non-hydrogen) atoms. The molecule has 1 aliphatic heterocycles. The summed E-state index contributed by atoms with van der Waals surface area (Å²) in [5, 5.41) is 3.05. The molecular weight excluding hydrogens is 300 g/mol. The van der Waals surface area contributed by atoms with Gasteiger partial charge in [0.1, 0.15) is 0 Å². The standard InChI is InChI=1S/C20H30N2O2/c1-4-17(5-2)18(23)22-13-9-12-20(3,15-22)19(24)21-14-16-10-7-6-8-11-16/h6-8,10-11,17H,4-5,9,12-15H2,1-3H3,(H,21,24). The number of rotatable bonds is 6. The number of nitrogens with zero attached hydrogens (tertiary/aromatic N) is 1. The Hall–Kier alpha value is -1.84. The molecule has 1 heterocycles. The van der Waals surface area contributed by atoms with Crippen LogP contribution in [-0.4, -0.2) is 29.8 Å². The summed E-state index contributed by atoms with van der Waals surface area (Å²) in [6, 6.07) is 9.92. The van der Waals surface area contributed by atoms with Gasteiger partial charge in [-0.15, -0.1) is 0 Å². The Balaban J connectivity index is 1.97. The maximum absolute atomic E-state index is 12.7. The van der Waals surface area contributed by atoms with Crippen LogP contribution < -0.4 is 5.32 Å². The molecule has 1 saturated heterocycles. The van der Waals surface area contributed by atoms with E-state index < -0.39 is 5.41 Å². The first-order valence-electron chi connectivity index (χ1n) is 9.11. The quantitative estimate of drug-likeness (QED) is 0.869. The largest absolute Gasteiger partial charge is 0.351 e. The van der Waals surface area contributed by atoms with E-state index in [-0.39, 0.29) is 17.7 Å². The molecular formula is C20H30N2O2. The van der Waals surface area contributed by atoms with Crippen molar-refractivity contribution < 1.29 is 9.59 Å². The molecule has 132 valence electrons. The minimum Gasteiger partial charge on any atom is -0.351 e. The van der Waals surface area contributed by atoms with Crippen LogP contribution in [-0.2, 0) is 16.1 Å². The van der Waals surface area contributed by atoms with Gasteiger partial charge >= 0.3 is 0 Å². The van der Waals surface area contributed by atoms with Gasteiger partial charge in [0.05, 0.1) is 5.41 Å². The van der Waals surface area contributed by atoms with Crippen LogP contribution in [0.15, 0.2) is 30.3 Å². The zero-order chi connectivity index (χ0) is 17.6. The highest BCUT2D eigenvalue weighted by atomic mass is 16.2. The Morgan fingerprint density at radius 1 is 1.21 bits per heavy atom. The van der Waals surface area contributed by atoms with Crippen molar-refractivity contribution in [2.75, 3.05) is 13.1 Å². The number of benzene rings is 1. The second kappa shape index (κ2) is 8.32. The van der Waals surface area contributed by atoms with Gasteiger partial charge in [-0.2, -0.15) is 0 Å². The van der Waals surface area contributed by atoms with Crippen LogP contribution >= 0.6 is 0 Å². The van der Waals surface area contributed by atoms with E-state index >= 15 is 0 Å². The molecule has 1 aliphatic rings. The summed E-state index contributed by atoms with van der Waals surface area (Å²) in [4.78, 5) is 27.3. The smallest absolute Gasteiger partial charge is 0.227 e. The molecule has 0 aromatic heterocycles. The molecule has 4 nitrogen and oxygen atoms in total. The van der Waals surface area contributed by atoms with E-state index in [1.54, 1.807) is 0 Å². The van der Waals surface area contributed by atoms with Gasteiger partial charge in [0.25, 0.3) is 0 Å². The minimum atomic E-state index is -0.491. The molecule has 1 N–H and O–H groups in total. The Labute approximate surface area is 145 Å². The summed E-state index contributed by atoms with van der Waals surface area (Å²) in [6.07, 6.45) is 3.45. The molecule has 1 aromatic rings. The van der Waals surface area contributed by atoms with E-state index in [0.29, 0.717) is 13.1 Å². The summed E-state index contributed by atoms with van der Waals surface area (Å²) in [5.41, 5.74) is 0.601. The van der Waals surface area contributed by atoms with Crippen LogP contribution in [0.3, 0.4) is 0 Å². The third kappa shape index (κ3) is 4.37. The van der Waals surface area contributed by atoms with Crippen molar-refractivity contribution in [3.63, 3.8) is 0 Å². The van der Waals surface area contributed by atoms with Gasteiger partial charge in [-0.05, 0) is 38.2 Å². The molecule has 1 aromatic carbocycles. The van der Waals surface area contributed by atoms with Gasteiger partial charge < -0.3 is 10.2 Å². The molecule has 0 aliphatic carbocycles. The average Bonchev–Trinajstić information content (AvgIpc) is 2.61. The maximum Gasteiger partial charge on any atom is 0.227 e. The fourth-order valence-electron chi connectivity index (χ4n) is 3.50. The van der Waals surface area contributed by atoms with Crippen LogP contribution in [0, 0.1) is 11.3 Å². The number of likely N-dealkylation sites (tertiary alicyclic amines) is 1. The zero-order valence-electron chi connectivity index (χ0n) is 15.2. The van der Waals surface area contributed by atoms with E-state index in [0.717, 1.165) is 37.8 Å². The van der Waals surface area contributed by atoms with Gasteiger partial charge in [-0.1, -0.05) is 44.2 Å². The molecule has 0 bridgehead atoms. The van der Waals surface area contributed by atoms with Crippen LogP contribution in [0.2, 0.25) is 0 Å². The first kappa shape index (κ1) is 18.5. The van der Waals surface area contributed by atoms with Crippen molar-refractivity contribution in [2.24, 2.45) is 11.3 Å². The van der Waals surface area contributed by atoms with Gasteiger partial charge in [-0.25, -0.2) is 0 Å². The highest BCUT2D eigenvalue weighted by Crippen LogP contribution is 2.31. The van der Waals surface area contributed by atoms with Gasteiger partial charge in [0, 0.05) is 25.6 Å². The lowest BCUT2D eigenvalue weighted by atomic mass is 9.80. The first-order valence-corrected chi connectivity index (χ1v) is 9.11. The van der Waals surface area contributed by atoms with Crippen molar-refractivity contribution in [3.05, 3.63) is 35.9 Å². The third-order valence-electron chi connectivity index (χ3n) is 5.19. The predicted molar refractivity (Wildman–Crippen MR) is 96.3 cm³/mol. The van der Waals surface area contributed by atoms with E-state index in [9.17, 15) is 9.59 Å². The predicted octanol–water partition coefficient (Wildman–Crippen LogP) is 3.37. The monoisotopic (exact) mass is 330 g/mol. The fraction of sp³-hybridized carbons (Fsp3) is 0.600. The normalized spacial score (nSPS) is 20.9. The lowest BCUT2D eigenvalue weighted by Crippen LogP contribution is -2.52. The van der Waals surface area contributed by atoms with Gasteiger partial charge in [0.2, 0.25) is 11.8 Å². The molecule has 1 fully saturated rings. The molecule has 0 spiro atoms. The molecule has 0 radical (unpaired) electrons. The van der Waals surface area contributed by atoms with E-state index in [2.05, 4.69) is 19.2 Å². The van der Waals surface area contributed by atoms with Crippen LogP contribution in [0.5, 0.6) is 0 Å². The molecule has 2 amide bonds. The summed E-state index contributed by atoms with van der Waals surface area (Å²) < 4.78 is 0. The van der Waals surface area contributed by atoms with E-state index in [4.69, 9.17) is 0 Å². The molecule has 1 atom stereocenters. The second-order valence-electron chi connectivity index (χ2n) is 7.11. The van der Waals surface area contributed by atoms with Crippen molar-refractivity contribution in [1.82, 2.24) is 10.2 Å². The number of hydrogen-bond acceptors (Lipinski definition) is 2. The highest BCUT2D eigenvalue weighted by molar-refractivity contribution is 5.84. The number of nitrogens with one attached hydrogen (secondary N) is 1. The van der Waals surface area contributed by atoms with E-state index in [1.165, 1.54) is 0 Å². The summed E-state index contributed by atoms with van der Waals surface area (Å²) in [5.74, 6) is 0.343. The van der Waals surface area contributed by atoms with Crippen LogP contribution in [0.25, 0.3) is 0 Å². The summed E-state index contributed by atoms with van der Waals surface area (Å²) >= 11 is 0. The third-order valence-corrected chi connectivity index (χ3v) is 5.19. The first-order chi connectivity index (χ1) is 11.5. The number of piperidine rings is 1. The minimum absolute atomic E-state index is 0.0494. The van der Waals surface area contributed by atoms with Crippen molar-refractivity contribution >= 4 is 11.8 Å². The molecule has 0 saturated carbocycles. The Bertz CT molecular complexity index is 554. The Morgan fingerprint density at radius 2 is 1.88 bits per heavy atom. The van der Waals surface area contributed by atoms with Crippen LogP contribution in [0.1, 0.15) is 52.0 Å². The summed E-state index contributed by atoms with van der Waals surface area (Å²) in [7, 11) is 0. The number of carbonyl (C=O) groups excluding carboxylic acids is 2. The Morgan fingerprint density at radius 3 is 2.50 bits per heavy atom. The van der Waals surface area contributed by atoms with Crippen LogP contribution in [0.4, 0.5) is 0 Å². The van der Waals surface area contributed by atoms with Gasteiger partial charge in [-0.3, -0.25) is 9.59 Å². The van der Waals surface area contributed by atoms with Gasteiger partial charge in [0.15, 0.2) is 0 Å². The highest BCUT2D eigenvalue weighted by Gasteiger charge is 2.39. The molecule has 4 heteroatoms. The number of carbonyl (C=O) groups is 2. The Kier molecular flexibility index (Phi) is 6.41. The lowest BCUT2D eigenvalue weighted by molar-refractivity contribution is -0.143. The SMILES string of the molecule is CCC(CC)C(=O)N1CCCC(C)(C(=O)NCc2ccccc2)C1. The molecule has 1 unspecified atom stereocenters. The van der Waals surface area contributed by atoms with Crippen molar-refractivity contribution in [3.8, 4) is 0 Å². The summed E-state index contributed by atoms with van der Waals surface area (Å²) in [6.45, 7) is 7.94. The fourth-order valence-corrected chi connectivity index (χ4v) is 3.50. The second-order valence-corrected chi connectivity index (χ2v) is 7.11. The van der Waals surface area contributed by atoms with Crippen molar-refractivity contribution in [2.45, 2.75) is 53.0 Å². The topological polar surface area (TPSA) is 49.4 Å².